The van der Waals surface area contributed by atoms with Crippen molar-refractivity contribution in [2.75, 3.05) is 6.61 Å². The molecule has 2 aromatic rings. The molecule has 0 atom stereocenters. The molecule has 0 aliphatic heterocycles. The average Bonchev–Trinajstić information content (AvgIpc) is 2.43. The maximum Gasteiger partial charge on any atom is 0.422 e. The van der Waals surface area contributed by atoms with Gasteiger partial charge < -0.3 is 15.7 Å². The molecule has 20 heavy (non-hydrogen) atoms. The van der Waals surface area contributed by atoms with Crippen molar-refractivity contribution < 1.29 is 23.1 Å². The van der Waals surface area contributed by atoms with E-state index in [1.807, 2.05) is 0 Å². The van der Waals surface area contributed by atoms with Crippen molar-refractivity contribution in [3.63, 3.8) is 0 Å². The van der Waals surface area contributed by atoms with Crippen LogP contribution in [-0.2, 0) is 0 Å². The SMILES string of the molecule is N/C(=N/O)c1ccc(OCC(F)(F)F)c2ccccc12. The van der Waals surface area contributed by atoms with Crippen LogP contribution >= 0.6 is 0 Å². The molecular formula is C13H11F3N2O2. The highest BCUT2D eigenvalue weighted by Crippen LogP contribution is 2.29. The fourth-order valence-corrected chi connectivity index (χ4v) is 1.83. The second-order valence-electron chi connectivity index (χ2n) is 4.05. The van der Waals surface area contributed by atoms with E-state index in [2.05, 4.69) is 5.16 Å². The Morgan fingerprint density at radius 3 is 2.40 bits per heavy atom. The third kappa shape index (κ3) is 2.93. The summed E-state index contributed by atoms with van der Waals surface area (Å²) in [5.41, 5.74) is 5.95. The topological polar surface area (TPSA) is 67.8 Å². The van der Waals surface area contributed by atoms with E-state index < -0.39 is 12.8 Å². The second-order valence-corrected chi connectivity index (χ2v) is 4.05. The lowest BCUT2D eigenvalue weighted by Crippen LogP contribution is -2.19. The summed E-state index contributed by atoms with van der Waals surface area (Å²) in [6.07, 6.45) is -4.41. The molecule has 3 N–H and O–H groups in total. The number of halogens is 3. The van der Waals surface area contributed by atoms with E-state index >= 15 is 0 Å². The van der Waals surface area contributed by atoms with Crippen molar-refractivity contribution in [3.8, 4) is 5.75 Å². The minimum atomic E-state index is -4.41. The number of rotatable bonds is 3. The van der Waals surface area contributed by atoms with Crippen molar-refractivity contribution >= 4 is 16.6 Å². The molecule has 2 rings (SSSR count). The Kier molecular flexibility index (Phi) is 3.69. The number of oxime groups is 1. The number of nitrogens with zero attached hydrogens (tertiary/aromatic N) is 1. The Labute approximate surface area is 112 Å². The van der Waals surface area contributed by atoms with E-state index in [0.717, 1.165) is 0 Å². The first kappa shape index (κ1) is 14.0. The number of benzene rings is 2. The lowest BCUT2D eigenvalue weighted by Gasteiger charge is -2.13. The molecule has 7 heteroatoms. The Hall–Kier alpha value is -2.44. The first-order valence-corrected chi connectivity index (χ1v) is 5.61. The van der Waals surface area contributed by atoms with Crippen molar-refractivity contribution in [2.24, 2.45) is 10.9 Å². The van der Waals surface area contributed by atoms with Crippen LogP contribution < -0.4 is 10.5 Å². The van der Waals surface area contributed by atoms with Gasteiger partial charge in [-0.3, -0.25) is 0 Å². The van der Waals surface area contributed by atoms with Crippen LogP contribution in [-0.4, -0.2) is 23.8 Å². The van der Waals surface area contributed by atoms with Crippen LogP contribution in [0.1, 0.15) is 5.56 Å². The van der Waals surface area contributed by atoms with Crippen molar-refractivity contribution in [2.45, 2.75) is 6.18 Å². The lowest BCUT2D eigenvalue weighted by atomic mass is 10.0. The van der Waals surface area contributed by atoms with Gasteiger partial charge in [0.05, 0.1) is 0 Å². The molecule has 0 radical (unpaired) electrons. The van der Waals surface area contributed by atoms with Gasteiger partial charge in [-0.1, -0.05) is 29.4 Å². The molecule has 0 bridgehead atoms. The van der Waals surface area contributed by atoms with Crippen LogP contribution in [0, 0.1) is 0 Å². The van der Waals surface area contributed by atoms with Crippen LogP contribution in [0.5, 0.6) is 5.75 Å². The Morgan fingerprint density at radius 2 is 1.80 bits per heavy atom. The first-order valence-electron chi connectivity index (χ1n) is 5.61. The van der Waals surface area contributed by atoms with Crippen LogP contribution in [0.3, 0.4) is 0 Å². The molecule has 0 amide bonds. The summed E-state index contributed by atoms with van der Waals surface area (Å²) in [6, 6.07) is 9.44. The normalized spacial score (nSPS) is 12.7. The van der Waals surface area contributed by atoms with Crippen molar-refractivity contribution in [3.05, 3.63) is 42.0 Å². The zero-order valence-corrected chi connectivity index (χ0v) is 10.2. The van der Waals surface area contributed by atoms with E-state index in [0.29, 0.717) is 16.3 Å². The maximum absolute atomic E-state index is 12.2. The minimum Gasteiger partial charge on any atom is -0.483 e. The lowest BCUT2D eigenvalue weighted by molar-refractivity contribution is -0.153. The molecule has 0 spiro atoms. The number of nitrogens with two attached hydrogens (primary N) is 1. The summed E-state index contributed by atoms with van der Waals surface area (Å²) in [5.74, 6) is -0.0315. The van der Waals surface area contributed by atoms with Gasteiger partial charge in [-0.05, 0) is 17.5 Å². The van der Waals surface area contributed by atoms with Crippen molar-refractivity contribution in [1.29, 1.82) is 0 Å². The van der Waals surface area contributed by atoms with Crippen LogP contribution in [0.15, 0.2) is 41.6 Å². The number of amidine groups is 1. The van der Waals surface area contributed by atoms with Crippen LogP contribution in [0.25, 0.3) is 10.8 Å². The van der Waals surface area contributed by atoms with E-state index in [1.165, 1.54) is 12.1 Å². The predicted octanol–water partition coefficient (Wildman–Crippen LogP) is 2.88. The summed E-state index contributed by atoms with van der Waals surface area (Å²) in [4.78, 5) is 0. The van der Waals surface area contributed by atoms with Gasteiger partial charge in [-0.15, -0.1) is 0 Å². The first-order chi connectivity index (χ1) is 9.42. The fourth-order valence-electron chi connectivity index (χ4n) is 1.83. The van der Waals surface area contributed by atoms with Crippen LogP contribution in [0.4, 0.5) is 13.2 Å². The summed E-state index contributed by atoms with van der Waals surface area (Å²) in [7, 11) is 0. The number of hydrogen-bond acceptors (Lipinski definition) is 3. The molecule has 0 heterocycles. The van der Waals surface area contributed by atoms with Gasteiger partial charge in [0.1, 0.15) is 5.75 Å². The third-order valence-corrected chi connectivity index (χ3v) is 2.66. The Bertz CT molecular complexity index is 654. The van der Waals surface area contributed by atoms with Crippen molar-refractivity contribution in [1.82, 2.24) is 0 Å². The van der Waals surface area contributed by atoms with Gasteiger partial charge in [-0.2, -0.15) is 13.2 Å². The molecule has 0 saturated carbocycles. The molecule has 0 saturated heterocycles. The van der Waals surface area contributed by atoms with E-state index in [1.54, 1.807) is 24.3 Å². The zero-order chi connectivity index (χ0) is 14.8. The third-order valence-electron chi connectivity index (χ3n) is 2.66. The second kappa shape index (κ2) is 5.28. The summed E-state index contributed by atoms with van der Waals surface area (Å²) in [5, 5.41) is 12.6. The largest absolute Gasteiger partial charge is 0.483 e. The highest BCUT2D eigenvalue weighted by molar-refractivity contribution is 6.10. The monoisotopic (exact) mass is 284 g/mol. The average molecular weight is 284 g/mol. The molecular weight excluding hydrogens is 273 g/mol. The minimum absolute atomic E-state index is 0.0902. The molecule has 0 unspecified atom stereocenters. The number of ether oxygens (including phenoxy) is 1. The van der Waals surface area contributed by atoms with E-state index in [-0.39, 0.29) is 11.6 Å². The number of alkyl halides is 3. The summed E-state index contributed by atoms with van der Waals surface area (Å²) in [6.45, 7) is -1.38. The quantitative estimate of drug-likeness (QED) is 0.394. The smallest absolute Gasteiger partial charge is 0.422 e. The van der Waals surface area contributed by atoms with Gasteiger partial charge in [0.25, 0.3) is 0 Å². The van der Waals surface area contributed by atoms with E-state index in [4.69, 9.17) is 15.7 Å². The molecule has 0 aliphatic carbocycles. The molecule has 0 fully saturated rings. The highest BCUT2D eigenvalue weighted by atomic mass is 19.4. The molecule has 0 aliphatic rings. The maximum atomic E-state index is 12.2. The van der Waals surface area contributed by atoms with Gasteiger partial charge in [0.2, 0.25) is 0 Å². The fraction of sp³-hybridized carbons (Fsp3) is 0.154. The molecule has 106 valence electrons. The van der Waals surface area contributed by atoms with Gasteiger partial charge >= 0.3 is 6.18 Å². The van der Waals surface area contributed by atoms with Gasteiger partial charge in [-0.25, -0.2) is 0 Å². The highest BCUT2D eigenvalue weighted by Gasteiger charge is 2.28. The molecule has 2 aromatic carbocycles. The van der Waals surface area contributed by atoms with E-state index in [9.17, 15) is 13.2 Å². The summed E-state index contributed by atoms with van der Waals surface area (Å²) >= 11 is 0. The van der Waals surface area contributed by atoms with Gasteiger partial charge in [0.15, 0.2) is 12.4 Å². The predicted molar refractivity (Wildman–Crippen MR) is 68.0 cm³/mol. The number of fused-ring (bicyclic) bond motifs is 1. The number of hydrogen-bond donors (Lipinski definition) is 2. The summed E-state index contributed by atoms with van der Waals surface area (Å²) < 4.78 is 41.4. The standard InChI is InChI=1S/C13H11F3N2O2/c14-13(15,16)7-20-11-6-5-10(12(17)18-19)8-3-1-2-4-9(8)11/h1-6,19H,7H2,(H2,17,18). The zero-order valence-electron chi connectivity index (χ0n) is 10.2. The molecule has 0 aromatic heterocycles. The van der Waals surface area contributed by atoms with Gasteiger partial charge in [0, 0.05) is 10.9 Å². The Morgan fingerprint density at radius 1 is 1.15 bits per heavy atom. The molecule has 4 nitrogen and oxygen atoms in total. The van der Waals surface area contributed by atoms with Crippen LogP contribution in [0.2, 0.25) is 0 Å². The Balaban J connectivity index is 2.49.